The highest BCUT2D eigenvalue weighted by molar-refractivity contribution is 5.86. The molecule has 0 radical (unpaired) electrons. The monoisotopic (exact) mass is 301 g/mol. The molecule has 0 saturated heterocycles. The van der Waals surface area contributed by atoms with Gasteiger partial charge in [0.15, 0.2) is 0 Å². The van der Waals surface area contributed by atoms with Crippen LogP contribution in [0.3, 0.4) is 0 Å². The van der Waals surface area contributed by atoms with Gasteiger partial charge in [-0.1, -0.05) is 12.1 Å². The van der Waals surface area contributed by atoms with Gasteiger partial charge in [-0.05, 0) is 48.9 Å². The Morgan fingerprint density at radius 2 is 2.00 bits per heavy atom. The number of nitrogens with one attached hydrogen (secondary N) is 2. The van der Waals surface area contributed by atoms with Gasteiger partial charge in [0.05, 0.1) is 6.21 Å². The molecule has 2 aromatic rings. The summed E-state index contributed by atoms with van der Waals surface area (Å²) in [4.78, 5) is 11.9. The highest BCUT2D eigenvalue weighted by Crippen LogP contribution is 2.10. The molecule has 0 fully saturated rings. The van der Waals surface area contributed by atoms with Crippen molar-refractivity contribution in [2.75, 3.05) is 5.32 Å². The van der Waals surface area contributed by atoms with Gasteiger partial charge >= 0.3 is 0 Å². The molecule has 2 aromatic carbocycles. The number of hydrogen-bond donors (Lipinski definition) is 3. The van der Waals surface area contributed by atoms with E-state index >= 15 is 0 Å². The Kier molecular flexibility index (Phi) is 5.08. The van der Waals surface area contributed by atoms with Crippen LogP contribution in [-0.2, 0) is 4.79 Å². The number of benzene rings is 2. The van der Waals surface area contributed by atoms with Crippen LogP contribution in [0.2, 0.25) is 0 Å². The molecule has 1 amide bonds. The van der Waals surface area contributed by atoms with Crippen molar-refractivity contribution in [3.05, 3.63) is 59.9 Å². The average molecular weight is 301 g/mol. The van der Waals surface area contributed by atoms with Gasteiger partial charge in [-0.15, -0.1) is 0 Å². The van der Waals surface area contributed by atoms with Crippen LogP contribution in [0.25, 0.3) is 0 Å². The SMILES string of the molecule is C[C@H](Nc1ccc(F)cc1)C(=O)N/N=C\c1cccc(O)c1. The summed E-state index contributed by atoms with van der Waals surface area (Å²) in [5.74, 6) is -0.541. The molecular formula is C16H16FN3O2. The number of rotatable bonds is 5. The Hall–Kier alpha value is -2.89. The fourth-order valence-corrected chi connectivity index (χ4v) is 1.73. The number of amides is 1. The van der Waals surface area contributed by atoms with Crippen LogP contribution in [0.15, 0.2) is 53.6 Å². The number of aromatic hydroxyl groups is 1. The predicted octanol–water partition coefficient (Wildman–Crippen LogP) is 2.48. The maximum absolute atomic E-state index is 12.8. The highest BCUT2D eigenvalue weighted by atomic mass is 19.1. The van der Waals surface area contributed by atoms with Gasteiger partial charge in [-0.25, -0.2) is 9.82 Å². The Morgan fingerprint density at radius 1 is 1.27 bits per heavy atom. The van der Waals surface area contributed by atoms with E-state index in [4.69, 9.17) is 0 Å². The summed E-state index contributed by atoms with van der Waals surface area (Å²) >= 11 is 0. The molecule has 22 heavy (non-hydrogen) atoms. The summed E-state index contributed by atoms with van der Waals surface area (Å²) in [6.07, 6.45) is 1.43. The second-order valence-corrected chi connectivity index (χ2v) is 4.70. The van der Waals surface area contributed by atoms with E-state index in [1.54, 1.807) is 37.3 Å². The molecule has 0 unspecified atom stereocenters. The van der Waals surface area contributed by atoms with Crippen LogP contribution in [-0.4, -0.2) is 23.3 Å². The van der Waals surface area contributed by atoms with Gasteiger partial charge in [0.25, 0.3) is 5.91 Å². The highest BCUT2D eigenvalue weighted by Gasteiger charge is 2.11. The molecule has 0 heterocycles. The smallest absolute Gasteiger partial charge is 0.262 e. The van der Waals surface area contributed by atoms with Crippen LogP contribution in [0, 0.1) is 5.82 Å². The third-order valence-corrected chi connectivity index (χ3v) is 2.88. The van der Waals surface area contributed by atoms with Crippen molar-refractivity contribution in [2.45, 2.75) is 13.0 Å². The molecule has 0 aromatic heterocycles. The number of nitrogens with zero attached hydrogens (tertiary/aromatic N) is 1. The molecule has 2 rings (SSSR count). The molecule has 0 aliphatic carbocycles. The fraction of sp³-hybridized carbons (Fsp3) is 0.125. The normalized spacial score (nSPS) is 12.1. The maximum atomic E-state index is 12.8. The molecule has 0 saturated carbocycles. The molecular weight excluding hydrogens is 285 g/mol. The molecule has 0 bridgehead atoms. The summed E-state index contributed by atoms with van der Waals surface area (Å²) in [5, 5.41) is 16.1. The van der Waals surface area contributed by atoms with E-state index in [9.17, 15) is 14.3 Å². The minimum atomic E-state index is -0.535. The number of carbonyl (C=O) groups is 1. The Labute approximate surface area is 127 Å². The van der Waals surface area contributed by atoms with Crippen LogP contribution < -0.4 is 10.7 Å². The summed E-state index contributed by atoms with van der Waals surface area (Å²) in [7, 11) is 0. The van der Waals surface area contributed by atoms with Crippen molar-refractivity contribution in [1.82, 2.24) is 5.43 Å². The topological polar surface area (TPSA) is 73.7 Å². The van der Waals surface area contributed by atoms with Crippen LogP contribution in [0.4, 0.5) is 10.1 Å². The average Bonchev–Trinajstić information content (AvgIpc) is 2.49. The van der Waals surface area contributed by atoms with E-state index in [0.29, 0.717) is 11.3 Å². The summed E-state index contributed by atoms with van der Waals surface area (Å²) in [6.45, 7) is 1.67. The van der Waals surface area contributed by atoms with Gasteiger partial charge in [0.2, 0.25) is 0 Å². The Morgan fingerprint density at radius 3 is 2.68 bits per heavy atom. The van der Waals surface area contributed by atoms with Crippen LogP contribution >= 0.6 is 0 Å². The van der Waals surface area contributed by atoms with Crippen molar-refractivity contribution in [1.29, 1.82) is 0 Å². The van der Waals surface area contributed by atoms with E-state index in [-0.39, 0.29) is 17.5 Å². The first-order valence-corrected chi connectivity index (χ1v) is 6.68. The van der Waals surface area contributed by atoms with Crippen molar-refractivity contribution in [3.63, 3.8) is 0 Å². The lowest BCUT2D eigenvalue weighted by Gasteiger charge is -2.13. The first-order chi connectivity index (χ1) is 10.5. The van der Waals surface area contributed by atoms with Crippen molar-refractivity contribution < 1.29 is 14.3 Å². The van der Waals surface area contributed by atoms with E-state index < -0.39 is 6.04 Å². The third-order valence-electron chi connectivity index (χ3n) is 2.88. The number of phenolic OH excluding ortho intramolecular Hbond substituents is 1. The zero-order chi connectivity index (χ0) is 15.9. The van der Waals surface area contributed by atoms with E-state index in [1.165, 1.54) is 24.4 Å². The lowest BCUT2D eigenvalue weighted by atomic mass is 10.2. The molecule has 114 valence electrons. The first kappa shape index (κ1) is 15.5. The number of halogens is 1. The zero-order valence-corrected chi connectivity index (χ0v) is 12.0. The zero-order valence-electron chi connectivity index (χ0n) is 12.0. The molecule has 5 nitrogen and oxygen atoms in total. The van der Waals surface area contributed by atoms with Gasteiger partial charge < -0.3 is 10.4 Å². The summed E-state index contributed by atoms with van der Waals surface area (Å²) in [5.41, 5.74) is 3.70. The van der Waals surface area contributed by atoms with Crippen molar-refractivity contribution in [2.24, 2.45) is 5.10 Å². The lowest BCUT2D eigenvalue weighted by Crippen LogP contribution is -2.34. The molecule has 6 heteroatoms. The molecule has 1 atom stereocenters. The minimum absolute atomic E-state index is 0.127. The number of phenols is 1. The van der Waals surface area contributed by atoms with Gasteiger partial charge in [0, 0.05) is 5.69 Å². The third kappa shape index (κ3) is 4.59. The Bertz CT molecular complexity index is 671. The second kappa shape index (κ2) is 7.21. The van der Waals surface area contributed by atoms with Gasteiger partial charge in [-0.2, -0.15) is 5.10 Å². The van der Waals surface area contributed by atoms with Gasteiger partial charge in [0.1, 0.15) is 17.6 Å². The molecule has 3 N–H and O–H groups in total. The quantitative estimate of drug-likeness (QED) is 0.587. The second-order valence-electron chi connectivity index (χ2n) is 4.70. The largest absolute Gasteiger partial charge is 0.508 e. The number of anilines is 1. The predicted molar refractivity (Wildman–Crippen MR) is 83.3 cm³/mol. The number of hydrogen-bond acceptors (Lipinski definition) is 4. The molecule has 0 aliphatic rings. The molecule has 0 spiro atoms. The van der Waals surface area contributed by atoms with E-state index in [2.05, 4.69) is 15.8 Å². The van der Waals surface area contributed by atoms with Gasteiger partial charge in [-0.3, -0.25) is 4.79 Å². The lowest BCUT2D eigenvalue weighted by molar-refractivity contribution is -0.121. The number of carbonyl (C=O) groups excluding carboxylic acids is 1. The Balaban J connectivity index is 1.87. The summed E-state index contributed by atoms with van der Waals surface area (Å²) in [6, 6.07) is 11.7. The van der Waals surface area contributed by atoms with Crippen LogP contribution in [0.1, 0.15) is 12.5 Å². The van der Waals surface area contributed by atoms with E-state index in [1.807, 2.05) is 0 Å². The fourth-order valence-electron chi connectivity index (χ4n) is 1.73. The summed E-state index contributed by atoms with van der Waals surface area (Å²) < 4.78 is 12.8. The maximum Gasteiger partial charge on any atom is 0.262 e. The van der Waals surface area contributed by atoms with Crippen molar-refractivity contribution >= 4 is 17.8 Å². The number of hydrazone groups is 1. The molecule has 0 aliphatic heterocycles. The minimum Gasteiger partial charge on any atom is -0.508 e. The van der Waals surface area contributed by atoms with Crippen LogP contribution in [0.5, 0.6) is 5.75 Å². The van der Waals surface area contributed by atoms with E-state index in [0.717, 1.165) is 0 Å². The standard InChI is InChI=1S/C16H16FN3O2/c1-11(19-14-7-5-13(17)6-8-14)16(22)20-18-10-12-3-2-4-15(21)9-12/h2-11,19,21H,1H3,(H,20,22)/b18-10-/t11-/m0/s1. The first-order valence-electron chi connectivity index (χ1n) is 6.68. The van der Waals surface area contributed by atoms with Crippen molar-refractivity contribution in [3.8, 4) is 5.75 Å².